The normalized spacial score (nSPS) is 31.3. The SMILES string of the molecule is CC/C=C(\C)[C@]1(C)[C@@H](OC)O[C@H]([C@H](O)CO)[C@@H]1OCc1ccccc1. The van der Waals surface area contributed by atoms with Gasteiger partial charge in [-0.3, -0.25) is 0 Å². The van der Waals surface area contributed by atoms with Gasteiger partial charge in [-0.05, 0) is 25.8 Å². The monoisotopic (exact) mass is 350 g/mol. The molecular formula is C20H30O5. The number of ether oxygens (including phenoxy) is 3. The van der Waals surface area contributed by atoms with Crippen LogP contribution in [-0.4, -0.2) is 48.5 Å². The van der Waals surface area contributed by atoms with E-state index in [2.05, 4.69) is 13.0 Å². The number of rotatable bonds is 8. The summed E-state index contributed by atoms with van der Waals surface area (Å²) in [6.45, 7) is 6.14. The summed E-state index contributed by atoms with van der Waals surface area (Å²) in [5.74, 6) is 0. The number of hydrogen-bond acceptors (Lipinski definition) is 5. The molecule has 0 aliphatic carbocycles. The molecule has 1 heterocycles. The highest BCUT2D eigenvalue weighted by Crippen LogP contribution is 2.47. The lowest BCUT2D eigenvalue weighted by molar-refractivity contribution is -0.166. The van der Waals surface area contributed by atoms with E-state index in [4.69, 9.17) is 14.2 Å². The van der Waals surface area contributed by atoms with Gasteiger partial charge in [0.15, 0.2) is 6.29 Å². The Kier molecular flexibility index (Phi) is 7.16. The number of aliphatic hydroxyl groups is 2. The van der Waals surface area contributed by atoms with Crippen LogP contribution >= 0.6 is 0 Å². The number of methoxy groups -OCH3 is 1. The van der Waals surface area contributed by atoms with Gasteiger partial charge in [0.05, 0.1) is 18.6 Å². The molecule has 1 aliphatic heterocycles. The summed E-state index contributed by atoms with van der Waals surface area (Å²) < 4.78 is 17.7. The Hall–Kier alpha value is -1.24. The molecule has 5 nitrogen and oxygen atoms in total. The molecule has 0 radical (unpaired) electrons. The molecule has 2 rings (SSSR count). The predicted octanol–water partition coefficient (Wildman–Crippen LogP) is 2.66. The number of aliphatic hydroxyl groups excluding tert-OH is 2. The molecule has 1 aromatic rings. The summed E-state index contributed by atoms with van der Waals surface area (Å²) in [6.07, 6.45) is 0.321. The minimum Gasteiger partial charge on any atom is -0.394 e. The fourth-order valence-corrected chi connectivity index (χ4v) is 3.49. The zero-order chi connectivity index (χ0) is 18.4. The lowest BCUT2D eigenvalue weighted by Crippen LogP contribution is -2.46. The van der Waals surface area contributed by atoms with Crippen LogP contribution in [0.15, 0.2) is 42.0 Å². The van der Waals surface area contributed by atoms with Crippen LogP contribution in [0.2, 0.25) is 0 Å². The van der Waals surface area contributed by atoms with Crippen LogP contribution in [0.4, 0.5) is 0 Å². The molecule has 0 saturated carbocycles. The molecule has 0 spiro atoms. The first-order valence-electron chi connectivity index (χ1n) is 8.78. The molecule has 5 heteroatoms. The highest BCUT2D eigenvalue weighted by Gasteiger charge is 2.57. The van der Waals surface area contributed by atoms with Crippen molar-refractivity contribution in [3.63, 3.8) is 0 Å². The summed E-state index contributed by atoms with van der Waals surface area (Å²) in [5, 5.41) is 19.7. The van der Waals surface area contributed by atoms with Crippen LogP contribution in [0, 0.1) is 5.41 Å². The Bertz CT molecular complexity index is 558. The zero-order valence-electron chi connectivity index (χ0n) is 15.5. The van der Waals surface area contributed by atoms with E-state index in [-0.39, 0.29) is 6.61 Å². The highest BCUT2D eigenvalue weighted by molar-refractivity contribution is 5.20. The largest absolute Gasteiger partial charge is 0.394 e. The maximum atomic E-state index is 10.3. The van der Waals surface area contributed by atoms with Gasteiger partial charge in [-0.15, -0.1) is 0 Å². The number of allylic oxidation sites excluding steroid dienone is 1. The average Bonchev–Trinajstić information content (AvgIpc) is 2.93. The first-order chi connectivity index (χ1) is 12.0. The molecule has 0 amide bonds. The van der Waals surface area contributed by atoms with E-state index < -0.39 is 30.0 Å². The quantitative estimate of drug-likeness (QED) is 0.706. The number of benzene rings is 1. The minimum absolute atomic E-state index is 0.390. The van der Waals surface area contributed by atoms with E-state index >= 15 is 0 Å². The third-order valence-corrected chi connectivity index (χ3v) is 5.07. The topological polar surface area (TPSA) is 68.2 Å². The second-order valence-corrected chi connectivity index (χ2v) is 6.71. The Morgan fingerprint density at radius 2 is 2.04 bits per heavy atom. The van der Waals surface area contributed by atoms with Gasteiger partial charge >= 0.3 is 0 Å². The van der Waals surface area contributed by atoms with Crippen LogP contribution in [0.1, 0.15) is 32.8 Å². The fourth-order valence-electron chi connectivity index (χ4n) is 3.49. The second kappa shape index (κ2) is 8.92. The molecule has 0 aromatic heterocycles. The van der Waals surface area contributed by atoms with Crippen molar-refractivity contribution in [3.8, 4) is 0 Å². The van der Waals surface area contributed by atoms with Gasteiger partial charge in [-0.2, -0.15) is 0 Å². The van der Waals surface area contributed by atoms with Crippen molar-refractivity contribution in [2.24, 2.45) is 5.41 Å². The molecule has 0 bridgehead atoms. The van der Waals surface area contributed by atoms with E-state index in [0.717, 1.165) is 17.6 Å². The van der Waals surface area contributed by atoms with E-state index in [9.17, 15) is 10.2 Å². The van der Waals surface area contributed by atoms with Gasteiger partial charge in [-0.25, -0.2) is 0 Å². The van der Waals surface area contributed by atoms with Crippen molar-refractivity contribution in [1.82, 2.24) is 0 Å². The maximum absolute atomic E-state index is 10.3. The summed E-state index contributed by atoms with van der Waals surface area (Å²) in [4.78, 5) is 0. The van der Waals surface area contributed by atoms with E-state index in [1.807, 2.05) is 44.2 Å². The standard InChI is InChI=1S/C20H30O5/c1-5-9-14(2)20(3)18(24-13-15-10-7-6-8-11-15)17(16(22)12-21)25-19(20)23-4/h6-11,16-19,21-22H,5,12-13H2,1-4H3/b14-9+/t16-,17-,18+,19+,20+/m1/s1. The first kappa shape index (κ1) is 20.1. The predicted molar refractivity (Wildman–Crippen MR) is 95.9 cm³/mol. The highest BCUT2D eigenvalue weighted by atomic mass is 16.7. The van der Waals surface area contributed by atoms with Gasteiger partial charge in [0.1, 0.15) is 18.3 Å². The molecule has 5 atom stereocenters. The van der Waals surface area contributed by atoms with Crippen LogP contribution in [0.3, 0.4) is 0 Å². The van der Waals surface area contributed by atoms with Crippen LogP contribution in [0.25, 0.3) is 0 Å². The maximum Gasteiger partial charge on any atom is 0.169 e. The molecule has 140 valence electrons. The molecule has 0 unspecified atom stereocenters. The Labute approximate surface area is 150 Å². The van der Waals surface area contributed by atoms with Crippen LogP contribution < -0.4 is 0 Å². The Morgan fingerprint density at radius 3 is 2.60 bits per heavy atom. The smallest absolute Gasteiger partial charge is 0.169 e. The average molecular weight is 350 g/mol. The van der Waals surface area contributed by atoms with Gasteiger partial charge < -0.3 is 24.4 Å². The molecule has 1 saturated heterocycles. The van der Waals surface area contributed by atoms with Crippen LogP contribution in [-0.2, 0) is 20.8 Å². The fraction of sp³-hybridized carbons (Fsp3) is 0.600. The summed E-state index contributed by atoms with van der Waals surface area (Å²) >= 11 is 0. The minimum atomic E-state index is -1.03. The lowest BCUT2D eigenvalue weighted by atomic mass is 9.75. The summed E-state index contributed by atoms with van der Waals surface area (Å²) in [7, 11) is 1.59. The first-order valence-corrected chi connectivity index (χ1v) is 8.78. The van der Waals surface area contributed by atoms with Gasteiger partial charge in [0.2, 0.25) is 0 Å². The Morgan fingerprint density at radius 1 is 1.36 bits per heavy atom. The molecule has 25 heavy (non-hydrogen) atoms. The van der Waals surface area contributed by atoms with Crippen molar-refractivity contribution < 1.29 is 24.4 Å². The zero-order valence-corrected chi connectivity index (χ0v) is 15.5. The Balaban J connectivity index is 2.32. The van der Waals surface area contributed by atoms with Gasteiger partial charge in [0.25, 0.3) is 0 Å². The van der Waals surface area contributed by atoms with Crippen LogP contribution in [0.5, 0.6) is 0 Å². The third kappa shape index (κ3) is 4.13. The van der Waals surface area contributed by atoms with Crippen molar-refractivity contribution in [2.75, 3.05) is 13.7 Å². The van der Waals surface area contributed by atoms with Crippen molar-refractivity contribution in [2.45, 2.75) is 58.4 Å². The van der Waals surface area contributed by atoms with E-state index in [0.29, 0.717) is 6.61 Å². The molecule has 1 fully saturated rings. The summed E-state index contributed by atoms with van der Waals surface area (Å²) in [5.41, 5.74) is 1.58. The van der Waals surface area contributed by atoms with Crippen molar-refractivity contribution in [1.29, 1.82) is 0 Å². The molecule has 1 aromatic carbocycles. The molecular weight excluding hydrogens is 320 g/mol. The van der Waals surface area contributed by atoms with Crippen molar-refractivity contribution in [3.05, 3.63) is 47.5 Å². The van der Waals surface area contributed by atoms with Crippen molar-refractivity contribution >= 4 is 0 Å². The van der Waals surface area contributed by atoms with Gasteiger partial charge in [0, 0.05) is 7.11 Å². The number of hydrogen-bond donors (Lipinski definition) is 2. The summed E-state index contributed by atoms with van der Waals surface area (Å²) in [6, 6.07) is 9.87. The molecule has 1 aliphatic rings. The van der Waals surface area contributed by atoms with E-state index in [1.165, 1.54) is 0 Å². The van der Waals surface area contributed by atoms with Gasteiger partial charge in [-0.1, -0.05) is 48.9 Å². The van der Waals surface area contributed by atoms with E-state index in [1.54, 1.807) is 7.11 Å². The molecule has 2 N–H and O–H groups in total. The lowest BCUT2D eigenvalue weighted by Gasteiger charge is -2.36. The second-order valence-electron chi connectivity index (χ2n) is 6.71. The third-order valence-electron chi connectivity index (χ3n) is 5.07.